The SMILES string of the molecule is O=Cc1ccc(SCCCO)c(C(F)(F)F)c1. The van der Waals surface area contributed by atoms with Crippen LogP contribution in [0.1, 0.15) is 22.3 Å². The first kappa shape index (κ1) is 14.1. The number of hydrogen-bond acceptors (Lipinski definition) is 3. The lowest BCUT2D eigenvalue weighted by Crippen LogP contribution is -2.08. The molecule has 0 aromatic heterocycles. The van der Waals surface area contributed by atoms with E-state index >= 15 is 0 Å². The minimum absolute atomic E-state index is 0.00355. The standard InChI is InChI=1S/C11H11F3O2S/c12-11(13,14)9-6-8(7-16)2-3-10(9)17-5-1-4-15/h2-3,6-7,15H,1,4-5H2. The van der Waals surface area contributed by atoms with Gasteiger partial charge in [0.1, 0.15) is 6.29 Å². The highest BCUT2D eigenvalue weighted by Gasteiger charge is 2.33. The average molecular weight is 264 g/mol. The van der Waals surface area contributed by atoms with Gasteiger partial charge in [0.25, 0.3) is 0 Å². The van der Waals surface area contributed by atoms with Crippen LogP contribution in [-0.2, 0) is 6.18 Å². The van der Waals surface area contributed by atoms with E-state index in [1.807, 2.05) is 0 Å². The Morgan fingerprint density at radius 2 is 2.06 bits per heavy atom. The second-order valence-corrected chi connectivity index (χ2v) is 4.43. The molecule has 0 aliphatic carbocycles. The molecule has 1 aromatic rings. The Hall–Kier alpha value is -1.01. The van der Waals surface area contributed by atoms with Gasteiger partial charge in [-0.3, -0.25) is 4.79 Å². The molecule has 0 aliphatic rings. The number of benzene rings is 1. The topological polar surface area (TPSA) is 37.3 Å². The van der Waals surface area contributed by atoms with Crippen LogP contribution < -0.4 is 0 Å². The number of hydrogen-bond donors (Lipinski definition) is 1. The summed E-state index contributed by atoms with van der Waals surface area (Å²) < 4.78 is 38.1. The fourth-order valence-corrected chi connectivity index (χ4v) is 2.20. The zero-order valence-electron chi connectivity index (χ0n) is 8.83. The number of carbonyl (C=O) groups is 1. The minimum atomic E-state index is -4.47. The third kappa shape index (κ3) is 4.05. The van der Waals surface area contributed by atoms with E-state index in [-0.39, 0.29) is 17.1 Å². The molecule has 0 spiro atoms. The molecule has 0 aliphatic heterocycles. The summed E-state index contributed by atoms with van der Waals surface area (Å²) in [4.78, 5) is 10.5. The number of carbonyl (C=O) groups excluding carboxylic acids is 1. The second kappa shape index (κ2) is 6.07. The first-order chi connectivity index (χ1) is 7.99. The molecule has 1 rings (SSSR count). The average Bonchev–Trinajstić information content (AvgIpc) is 2.28. The van der Waals surface area contributed by atoms with Crippen LogP contribution in [0.4, 0.5) is 13.2 Å². The van der Waals surface area contributed by atoms with Gasteiger partial charge < -0.3 is 5.11 Å². The maximum atomic E-state index is 12.7. The highest BCUT2D eigenvalue weighted by atomic mass is 32.2. The van der Waals surface area contributed by atoms with Gasteiger partial charge in [-0.25, -0.2) is 0 Å². The predicted octanol–water partition coefficient (Wildman–Crippen LogP) is 2.99. The molecule has 0 amide bonds. The van der Waals surface area contributed by atoms with Crippen LogP contribution in [0, 0.1) is 0 Å². The monoisotopic (exact) mass is 264 g/mol. The van der Waals surface area contributed by atoms with E-state index in [9.17, 15) is 18.0 Å². The molecule has 0 fully saturated rings. The Balaban J connectivity index is 2.98. The smallest absolute Gasteiger partial charge is 0.396 e. The normalized spacial score (nSPS) is 11.5. The fourth-order valence-electron chi connectivity index (χ4n) is 1.21. The van der Waals surface area contributed by atoms with Crippen molar-refractivity contribution in [3.05, 3.63) is 29.3 Å². The van der Waals surface area contributed by atoms with E-state index in [0.29, 0.717) is 18.5 Å². The van der Waals surface area contributed by atoms with Gasteiger partial charge in [0.05, 0.1) is 5.56 Å². The molecule has 0 atom stereocenters. The molecule has 6 heteroatoms. The molecule has 0 heterocycles. The number of halogens is 3. The fraction of sp³-hybridized carbons (Fsp3) is 0.364. The third-order valence-corrected chi connectivity index (χ3v) is 3.16. The van der Waals surface area contributed by atoms with Gasteiger partial charge in [-0.1, -0.05) is 6.07 Å². The summed E-state index contributed by atoms with van der Waals surface area (Å²) in [6.07, 6.45) is -3.66. The van der Waals surface area contributed by atoms with Crippen molar-refractivity contribution < 1.29 is 23.1 Å². The highest BCUT2D eigenvalue weighted by Crippen LogP contribution is 2.37. The quantitative estimate of drug-likeness (QED) is 0.504. The minimum Gasteiger partial charge on any atom is -0.396 e. The number of aliphatic hydroxyl groups is 1. The molecular weight excluding hydrogens is 253 g/mol. The van der Waals surface area contributed by atoms with Gasteiger partial charge in [0.2, 0.25) is 0 Å². The van der Waals surface area contributed by atoms with E-state index in [0.717, 1.165) is 17.8 Å². The van der Waals surface area contributed by atoms with Gasteiger partial charge >= 0.3 is 6.18 Å². The summed E-state index contributed by atoms with van der Waals surface area (Å²) in [6.45, 7) is -0.0548. The Labute approximate surface area is 101 Å². The van der Waals surface area contributed by atoms with E-state index in [2.05, 4.69) is 0 Å². The van der Waals surface area contributed by atoms with Crippen LogP contribution in [-0.4, -0.2) is 23.8 Å². The molecule has 17 heavy (non-hydrogen) atoms. The van der Waals surface area contributed by atoms with Gasteiger partial charge in [-0.2, -0.15) is 13.2 Å². The zero-order chi connectivity index (χ0) is 12.9. The molecule has 1 aromatic carbocycles. The molecular formula is C11H11F3O2S. The van der Waals surface area contributed by atoms with Crippen molar-refractivity contribution in [2.24, 2.45) is 0 Å². The van der Waals surface area contributed by atoms with Crippen molar-refractivity contribution in [2.45, 2.75) is 17.5 Å². The highest BCUT2D eigenvalue weighted by molar-refractivity contribution is 7.99. The van der Waals surface area contributed by atoms with Crippen molar-refractivity contribution in [3.63, 3.8) is 0 Å². The second-order valence-electron chi connectivity index (χ2n) is 3.30. The molecule has 2 nitrogen and oxygen atoms in total. The lowest BCUT2D eigenvalue weighted by Gasteiger charge is -2.12. The van der Waals surface area contributed by atoms with Crippen LogP contribution in [0.2, 0.25) is 0 Å². The molecule has 0 radical (unpaired) electrons. The summed E-state index contributed by atoms with van der Waals surface area (Å²) in [5, 5.41) is 8.57. The van der Waals surface area contributed by atoms with Crippen LogP contribution in [0.15, 0.2) is 23.1 Å². The van der Waals surface area contributed by atoms with Gasteiger partial charge in [-0.15, -0.1) is 11.8 Å². The van der Waals surface area contributed by atoms with E-state index in [1.165, 1.54) is 12.1 Å². The van der Waals surface area contributed by atoms with Crippen LogP contribution in [0.3, 0.4) is 0 Å². The van der Waals surface area contributed by atoms with Crippen molar-refractivity contribution in [1.82, 2.24) is 0 Å². The van der Waals surface area contributed by atoms with Gasteiger partial charge in [0, 0.05) is 22.8 Å². The zero-order valence-corrected chi connectivity index (χ0v) is 9.64. The maximum Gasteiger partial charge on any atom is 0.417 e. The van der Waals surface area contributed by atoms with Crippen LogP contribution >= 0.6 is 11.8 Å². The Morgan fingerprint density at radius 3 is 2.59 bits per heavy atom. The first-order valence-electron chi connectivity index (χ1n) is 4.89. The van der Waals surface area contributed by atoms with Crippen molar-refractivity contribution in [3.8, 4) is 0 Å². The van der Waals surface area contributed by atoms with E-state index < -0.39 is 11.7 Å². The third-order valence-electron chi connectivity index (χ3n) is 2.01. The Kier molecular flexibility index (Phi) is 5.02. The molecule has 1 N–H and O–H groups in total. The van der Waals surface area contributed by atoms with Crippen molar-refractivity contribution in [1.29, 1.82) is 0 Å². The molecule has 0 unspecified atom stereocenters. The summed E-state index contributed by atoms with van der Waals surface area (Å²) >= 11 is 1.02. The molecule has 94 valence electrons. The molecule has 0 saturated carbocycles. The summed E-state index contributed by atoms with van der Waals surface area (Å²) in [5.41, 5.74) is -0.797. The first-order valence-corrected chi connectivity index (χ1v) is 5.87. The summed E-state index contributed by atoms with van der Waals surface area (Å²) in [7, 11) is 0. The number of aldehydes is 1. The maximum absolute atomic E-state index is 12.7. The summed E-state index contributed by atoms with van der Waals surface area (Å²) in [5.74, 6) is 0.403. The number of thioether (sulfide) groups is 1. The Morgan fingerprint density at radius 1 is 1.35 bits per heavy atom. The number of alkyl halides is 3. The van der Waals surface area contributed by atoms with Crippen LogP contribution in [0.25, 0.3) is 0 Å². The molecule has 0 saturated heterocycles. The van der Waals surface area contributed by atoms with Crippen molar-refractivity contribution in [2.75, 3.05) is 12.4 Å². The lowest BCUT2D eigenvalue weighted by atomic mass is 10.1. The number of aliphatic hydroxyl groups excluding tert-OH is 1. The predicted molar refractivity (Wildman–Crippen MR) is 59.3 cm³/mol. The van der Waals surface area contributed by atoms with E-state index in [4.69, 9.17) is 5.11 Å². The lowest BCUT2D eigenvalue weighted by molar-refractivity contribution is -0.139. The molecule has 0 bridgehead atoms. The Bertz CT molecular complexity index is 391. The van der Waals surface area contributed by atoms with Crippen LogP contribution in [0.5, 0.6) is 0 Å². The summed E-state index contributed by atoms with van der Waals surface area (Å²) in [6, 6.07) is 3.48. The van der Waals surface area contributed by atoms with Gasteiger partial charge in [0.15, 0.2) is 0 Å². The van der Waals surface area contributed by atoms with Crippen molar-refractivity contribution >= 4 is 18.0 Å². The largest absolute Gasteiger partial charge is 0.417 e. The number of rotatable bonds is 5. The van der Waals surface area contributed by atoms with E-state index in [1.54, 1.807) is 0 Å². The van der Waals surface area contributed by atoms with Gasteiger partial charge in [-0.05, 0) is 18.6 Å².